The highest BCUT2D eigenvalue weighted by Crippen LogP contribution is 2.42. The van der Waals surface area contributed by atoms with E-state index in [2.05, 4.69) is 15.6 Å². The molecule has 6 rings (SSSR count). The normalized spacial score (nSPS) is 21.0. The fourth-order valence-corrected chi connectivity index (χ4v) is 8.19. The second-order valence-corrected chi connectivity index (χ2v) is 13.1. The number of hydrogen-bond acceptors (Lipinski definition) is 6. The maximum Gasteiger partial charge on any atom is 0.326 e. The standard InChI is InChI=1S/C29H28Cl2N4O6S/c30-22-15-32-16-23(31)25(22)27(36)33-19-10-6-17(7-11-19)14-24(29(38)39)34-28(37)26-18-8-12-20(13-9-18)35(26)42(40,41)21-4-2-1-3-5-21/h1-7,10-11,15-16,18,20,24,26H,8-9,12-14H2,(H,33,36)(H,34,37)(H,38,39). The zero-order chi connectivity index (χ0) is 30.0. The summed E-state index contributed by atoms with van der Waals surface area (Å²) in [4.78, 5) is 42.3. The monoisotopic (exact) mass is 630 g/mol. The Morgan fingerprint density at radius 2 is 1.57 bits per heavy atom. The molecule has 2 atom stereocenters. The molecule has 3 N–H and O–H groups in total. The number of fused-ring (bicyclic) bond motifs is 3. The molecular weight excluding hydrogens is 603 g/mol. The zero-order valence-corrected chi connectivity index (χ0v) is 24.6. The minimum Gasteiger partial charge on any atom is -0.480 e. The topological polar surface area (TPSA) is 146 Å². The first-order chi connectivity index (χ1) is 20.1. The van der Waals surface area contributed by atoms with Gasteiger partial charge in [0.1, 0.15) is 12.1 Å². The number of pyridine rings is 1. The van der Waals surface area contributed by atoms with Crippen LogP contribution >= 0.6 is 23.2 Å². The summed E-state index contributed by atoms with van der Waals surface area (Å²) in [6.07, 6.45) is 5.27. The molecule has 3 aromatic rings. The van der Waals surface area contributed by atoms with E-state index in [1.165, 1.54) is 28.8 Å². The second kappa shape index (κ2) is 12.4. The van der Waals surface area contributed by atoms with Crippen molar-refractivity contribution in [2.24, 2.45) is 5.92 Å². The van der Waals surface area contributed by atoms with E-state index in [9.17, 15) is 27.9 Å². The summed E-state index contributed by atoms with van der Waals surface area (Å²) in [5, 5.41) is 15.4. The van der Waals surface area contributed by atoms with Gasteiger partial charge in [-0.25, -0.2) is 13.2 Å². The number of carboxylic acids is 1. The van der Waals surface area contributed by atoms with Crippen molar-refractivity contribution in [3.8, 4) is 0 Å². The maximum atomic E-state index is 13.6. The van der Waals surface area contributed by atoms with Crippen LogP contribution in [0.5, 0.6) is 0 Å². The number of rotatable bonds is 9. The Morgan fingerprint density at radius 3 is 2.17 bits per heavy atom. The lowest BCUT2D eigenvalue weighted by Crippen LogP contribution is -2.63. The highest BCUT2D eigenvalue weighted by molar-refractivity contribution is 7.89. The number of carbonyl (C=O) groups excluding carboxylic acids is 2. The van der Waals surface area contributed by atoms with Gasteiger partial charge in [-0.1, -0.05) is 53.5 Å². The lowest BCUT2D eigenvalue weighted by Gasteiger charge is -2.49. The van der Waals surface area contributed by atoms with Crippen molar-refractivity contribution in [2.45, 2.75) is 55.1 Å². The highest BCUT2D eigenvalue weighted by Gasteiger charge is 2.51. The first-order valence-electron chi connectivity index (χ1n) is 13.4. The molecule has 0 spiro atoms. The molecule has 1 aromatic heterocycles. The van der Waals surface area contributed by atoms with Crippen LogP contribution in [0.15, 0.2) is 71.9 Å². The third-order valence-electron chi connectivity index (χ3n) is 7.76. The van der Waals surface area contributed by atoms with Gasteiger partial charge >= 0.3 is 5.97 Å². The fraction of sp³-hybridized carbons (Fsp3) is 0.310. The van der Waals surface area contributed by atoms with Gasteiger partial charge in [-0.15, -0.1) is 0 Å². The summed E-state index contributed by atoms with van der Waals surface area (Å²) < 4.78 is 28.5. The molecule has 220 valence electrons. The van der Waals surface area contributed by atoms with Crippen LogP contribution in [0.4, 0.5) is 5.69 Å². The fourth-order valence-electron chi connectivity index (χ4n) is 5.74. The molecule has 3 aliphatic rings. The summed E-state index contributed by atoms with van der Waals surface area (Å²) >= 11 is 12.1. The van der Waals surface area contributed by atoms with Crippen molar-refractivity contribution < 1.29 is 27.9 Å². The molecule has 1 aliphatic carbocycles. The average molecular weight is 632 g/mol. The number of aliphatic carboxylic acids is 1. The third kappa shape index (κ3) is 6.14. The summed E-state index contributed by atoms with van der Waals surface area (Å²) in [6, 6.07) is 11.8. The predicted octanol–water partition coefficient (Wildman–Crippen LogP) is 4.38. The van der Waals surface area contributed by atoms with Crippen LogP contribution in [0.3, 0.4) is 0 Å². The predicted molar refractivity (Wildman–Crippen MR) is 157 cm³/mol. The van der Waals surface area contributed by atoms with Crippen molar-refractivity contribution in [3.05, 3.63) is 88.2 Å². The van der Waals surface area contributed by atoms with Gasteiger partial charge in [-0.3, -0.25) is 14.6 Å². The lowest BCUT2D eigenvalue weighted by atomic mass is 9.76. The van der Waals surface area contributed by atoms with Crippen molar-refractivity contribution in [1.82, 2.24) is 14.6 Å². The van der Waals surface area contributed by atoms with Crippen molar-refractivity contribution in [3.63, 3.8) is 0 Å². The Balaban J connectivity index is 1.30. The Bertz CT molecular complexity index is 1580. The molecule has 3 fully saturated rings. The van der Waals surface area contributed by atoms with E-state index in [1.54, 1.807) is 42.5 Å². The number of carbonyl (C=O) groups is 3. The van der Waals surface area contributed by atoms with E-state index in [0.29, 0.717) is 36.9 Å². The van der Waals surface area contributed by atoms with Crippen LogP contribution < -0.4 is 10.6 Å². The van der Waals surface area contributed by atoms with Gasteiger partial charge < -0.3 is 15.7 Å². The Labute approximate surface area is 253 Å². The quantitative estimate of drug-likeness (QED) is 0.318. The Kier molecular flexibility index (Phi) is 8.84. The number of benzene rings is 2. The number of amides is 2. The van der Waals surface area contributed by atoms with Crippen molar-refractivity contribution >= 4 is 56.7 Å². The van der Waals surface area contributed by atoms with Crippen LogP contribution in [-0.2, 0) is 26.0 Å². The number of piperidine rings is 2. The number of hydrogen-bond donors (Lipinski definition) is 3. The molecule has 13 heteroatoms. The van der Waals surface area contributed by atoms with E-state index < -0.39 is 39.9 Å². The van der Waals surface area contributed by atoms with Gasteiger partial charge in [-0.05, 0) is 61.4 Å². The summed E-state index contributed by atoms with van der Waals surface area (Å²) in [5.41, 5.74) is 1.08. The second-order valence-electron chi connectivity index (χ2n) is 10.4. The molecule has 0 radical (unpaired) electrons. The number of aromatic nitrogens is 1. The average Bonchev–Trinajstić information content (AvgIpc) is 2.98. The molecule has 2 saturated heterocycles. The van der Waals surface area contributed by atoms with E-state index in [1.807, 2.05) is 0 Å². The SMILES string of the molecule is O=C(Nc1ccc(CC(NC(=O)C2C3CCC(CC3)N2S(=O)(=O)c2ccccc2)C(=O)O)cc1)c1c(Cl)cncc1Cl. The van der Waals surface area contributed by atoms with E-state index in [0.717, 1.165) is 0 Å². The molecule has 3 heterocycles. The molecule has 2 unspecified atom stereocenters. The number of halogens is 2. The van der Waals surface area contributed by atoms with E-state index >= 15 is 0 Å². The van der Waals surface area contributed by atoms with Crippen LogP contribution in [0.1, 0.15) is 41.6 Å². The molecular formula is C29H28Cl2N4O6S. The van der Waals surface area contributed by atoms with Gasteiger partial charge in [0.15, 0.2) is 0 Å². The summed E-state index contributed by atoms with van der Waals surface area (Å²) in [5.74, 6) is -2.60. The van der Waals surface area contributed by atoms with E-state index in [4.69, 9.17) is 23.2 Å². The van der Waals surface area contributed by atoms with Gasteiger partial charge in [0.2, 0.25) is 15.9 Å². The summed E-state index contributed by atoms with van der Waals surface area (Å²) in [7, 11) is -3.97. The largest absolute Gasteiger partial charge is 0.480 e. The highest BCUT2D eigenvalue weighted by atomic mass is 35.5. The number of carboxylic acid groups (broad SMARTS) is 1. The third-order valence-corrected chi connectivity index (χ3v) is 10.3. The first kappa shape index (κ1) is 30.0. The zero-order valence-electron chi connectivity index (χ0n) is 22.2. The van der Waals surface area contributed by atoms with Gasteiger partial charge in [-0.2, -0.15) is 4.31 Å². The number of nitrogens with zero attached hydrogens (tertiary/aromatic N) is 2. The number of sulfonamides is 1. The molecule has 2 amide bonds. The van der Waals surface area contributed by atoms with Gasteiger partial charge in [0.25, 0.3) is 5.91 Å². The smallest absolute Gasteiger partial charge is 0.326 e. The van der Waals surface area contributed by atoms with Crippen LogP contribution in [-0.4, -0.2) is 58.7 Å². The number of anilines is 1. The van der Waals surface area contributed by atoms with Crippen LogP contribution in [0, 0.1) is 5.92 Å². The molecule has 42 heavy (non-hydrogen) atoms. The van der Waals surface area contributed by atoms with Crippen molar-refractivity contribution in [2.75, 3.05) is 5.32 Å². The van der Waals surface area contributed by atoms with Crippen LogP contribution in [0.25, 0.3) is 0 Å². The minimum absolute atomic E-state index is 0.0520. The lowest BCUT2D eigenvalue weighted by molar-refractivity contribution is -0.143. The van der Waals surface area contributed by atoms with Crippen molar-refractivity contribution in [1.29, 1.82) is 0 Å². The van der Waals surface area contributed by atoms with Crippen LogP contribution in [0.2, 0.25) is 10.0 Å². The first-order valence-corrected chi connectivity index (χ1v) is 15.6. The number of nitrogens with one attached hydrogen (secondary N) is 2. The Hall–Kier alpha value is -3.51. The molecule has 10 nitrogen and oxygen atoms in total. The molecule has 2 bridgehead atoms. The van der Waals surface area contributed by atoms with E-state index in [-0.39, 0.29) is 38.9 Å². The minimum atomic E-state index is -3.97. The molecule has 2 aromatic carbocycles. The molecule has 2 aliphatic heterocycles. The maximum absolute atomic E-state index is 13.6. The summed E-state index contributed by atoms with van der Waals surface area (Å²) in [6.45, 7) is 0. The van der Waals surface area contributed by atoms with Gasteiger partial charge in [0.05, 0.1) is 20.5 Å². The van der Waals surface area contributed by atoms with Gasteiger partial charge in [0, 0.05) is 30.5 Å². The molecule has 1 saturated carbocycles. The Morgan fingerprint density at radius 1 is 0.952 bits per heavy atom.